The standard InChI is InChI=1S/C12H13N3O3S/c1-8(16)9-3-4-12(11(5-9)15(17)18)19-10-6-13-14(2)7-10/h3-8,16H,1-2H3. The molecule has 1 unspecified atom stereocenters. The van der Waals surface area contributed by atoms with Gasteiger partial charge in [-0.25, -0.2) is 0 Å². The largest absolute Gasteiger partial charge is 0.389 e. The summed E-state index contributed by atoms with van der Waals surface area (Å²) in [6.45, 7) is 1.58. The van der Waals surface area contributed by atoms with E-state index in [1.807, 2.05) is 0 Å². The van der Waals surface area contributed by atoms with E-state index >= 15 is 0 Å². The summed E-state index contributed by atoms with van der Waals surface area (Å²) >= 11 is 1.28. The van der Waals surface area contributed by atoms with Crippen molar-refractivity contribution in [2.24, 2.45) is 7.05 Å². The Balaban J connectivity index is 2.36. The number of aliphatic hydroxyl groups excluding tert-OH is 1. The maximum Gasteiger partial charge on any atom is 0.283 e. The number of nitro groups is 1. The molecule has 1 aromatic heterocycles. The summed E-state index contributed by atoms with van der Waals surface area (Å²) in [4.78, 5) is 12.0. The highest BCUT2D eigenvalue weighted by atomic mass is 32.2. The number of aromatic nitrogens is 2. The Morgan fingerprint density at radius 3 is 2.79 bits per heavy atom. The van der Waals surface area contributed by atoms with Gasteiger partial charge >= 0.3 is 0 Å². The molecule has 0 aliphatic heterocycles. The number of benzene rings is 1. The van der Waals surface area contributed by atoms with Gasteiger partial charge in [0.05, 0.1) is 27.0 Å². The summed E-state index contributed by atoms with van der Waals surface area (Å²) in [5.41, 5.74) is 0.523. The summed E-state index contributed by atoms with van der Waals surface area (Å²) in [5, 5.41) is 24.6. The summed E-state index contributed by atoms with van der Waals surface area (Å²) in [6.07, 6.45) is 2.71. The van der Waals surface area contributed by atoms with Gasteiger partial charge in [-0.05, 0) is 18.6 Å². The second kappa shape index (κ2) is 5.41. The molecule has 1 aromatic carbocycles. The third-order valence-electron chi connectivity index (χ3n) is 2.57. The Morgan fingerprint density at radius 2 is 2.26 bits per heavy atom. The molecule has 0 bridgehead atoms. The molecule has 0 saturated carbocycles. The van der Waals surface area contributed by atoms with Gasteiger partial charge in [-0.2, -0.15) is 5.10 Å². The molecule has 0 spiro atoms. The van der Waals surface area contributed by atoms with E-state index in [0.29, 0.717) is 10.5 Å². The highest BCUT2D eigenvalue weighted by molar-refractivity contribution is 7.99. The van der Waals surface area contributed by atoms with Gasteiger partial charge in [0.15, 0.2) is 0 Å². The van der Waals surface area contributed by atoms with E-state index in [2.05, 4.69) is 5.10 Å². The van der Waals surface area contributed by atoms with Gasteiger partial charge in [-0.15, -0.1) is 0 Å². The molecule has 100 valence electrons. The number of hydrogen-bond acceptors (Lipinski definition) is 5. The Kier molecular flexibility index (Phi) is 3.87. The van der Waals surface area contributed by atoms with Crippen LogP contribution >= 0.6 is 11.8 Å². The SMILES string of the molecule is CC(O)c1ccc(Sc2cnn(C)c2)c([N+](=O)[O-])c1. The fourth-order valence-corrected chi connectivity index (χ4v) is 2.53. The van der Waals surface area contributed by atoms with Crippen molar-refractivity contribution in [1.82, 2.24) is 9.78 Å². The lowest BCUT2D eigenvalue weighted by Crippen LogP contribution is -1.96. The first-order valence-corrected chi connectivity index (χ1v) is 6.42. The van der Waals surface area contributed by atoms with Crippen LogP contribution in [0.5, 0.6) is 0 Å². The highest BCUT2D eigenvalue weighted by Gasteiger charge is 2.17. The van der Waals surface area contributed by atoms with Gasteiger partial charge < -0.3 is 5.11 Å². The number of rotatable bonds is 4. The van der Waals surface area contributed by atoms with Crippen LogP contribution in [0.15, 0.2) is 40.4 Å². The van der Waals surface area contributed by atoms with Gasteiger partial charge in [-0.1, -0.05) is 17.8 Å². The molecular formula is C12H13N3O3S. The van der Waals surface area contributed by atoms with Crippen LogP contribution in [-0.2, 0) is 7.05 Å². The van der Waals surface area contributed by atoms with Crippen molar-refractivity contribution in [3.63, 3.8) is 0 Å². The van der Waals surface area contributed by atoms with Crippen LogP contribution in [-0.4, -0.2) is 19.8 Å². The van der Waals surface area contributed by atoms with Crippen LogP contribution in [0.25, 0.3) is 0 Å². The van der Waals surface area contributed by atoms with Crippen molar-refractivity contribution in [2.75, 3.05) is 0 Å². The lowest BCUT2D eigenvalue weighted by Gasteiger charge is -2.06. The lowest BCUT2D eigenvalue weighted by atomic mass is 10.1. The first kappa shape index (κ1) is 13.6. The Bertz CT molecular complexity index is 610. The molecule has 2 rings (SSSR count). The topological polar surface area (TPSA) is 81.2 Å². The molecule has 0 saturated heterocycles. The molecule has 7 heteroatoms. The van der Waals surface area contributed by atoms with E-state index < -0.39 is 11.0 Å². The molecule has 0 aliphatic rings. The van der Waals surface area contributed by atoms with Gasteiger partial charge in [0.25, 0.3) is 5.69 Å². The molecule has 0 fully saturated rings. The molecule has 1 N–H and O–H groups in total. The third kappa shape index (κ3) is 3.12. The van der Waals surface area contributed by atoms with E-state index in [1.165, 1.54) is 17.8 Å². The van der Waals surface area contributed by atoms with Crippen molar-refractivity contribution in [3.05, 3.63) is 46.3 Å². The minimum Gasteiger partial charge on any atom is -0.389 e. The second-order valence-corrected chi connectivity index (χ2v) is 5.23. The molecule has 6 nitrogen and oxygen atoms in total. The minimum absolute atomic E-state index is 0.00717. The maximum atomic E-state index is 11.1. The zero-order chi connectivity index (χ0) is 14.0. The number of nitrogens with zero attached hydrogens (tertiary/aromatic N) is 3. The van der Waals surface area contributed by atoms with Crippen molar-refractivity contribution < 1.29 is 10.0 Å². The summed E-state index contributed by atoms with van der Waals surface area (Å²) in [6, 6.07) is 4.75. The molecule has 0 aliphatic carbocycles. The fourth-order valence-electron chi connectivity index (χ4n) is 1.60. The number of hydrogen-bond donors (Lipinski definition) is 1. The predicted molar refractivity (Wildman–Crippen MR) is 71.1 cm³/mol. The molecule has 19 heavy (non-hydrogen) atoms. The number of aryl methyl sites for hydroxylation is 1. The molecule has 1 heterocycles. The molecule has 0 amide bonds. The summed E-state index contributed by atoms with van der Waals surface area (Å²) < 4.78 is 1.64. The number of nitro benzene ring substituents is 1. The van der Waals surface area contributed by atoms with Crippen LogP contribution in [0.4, 0.5) is 5.69 Å². The van der Waals surface area contributed by atoms with Crippen molar-refractivity contribution in [1.29, 1.82) is 0 Å². The first-order valence-electron chi connectivity index (χ1n) is 5.60. The van der Waals surface area contributed by atoms with Gasteiger partial charge in [0, 0.05) is 19.3 Å². The number of aliphatic hydroxyl groups is 1. The molecule has 0 radical (unpaired) electrons. The monoisotopic (exact) mass is 279 g/mol. The minimum atomic E-state index is -0.726. The molecule has 2 aromatic rings. The maximum absolute atomic E-state index is 11.1. The first-order chi connectivity index (χ1) is 8.97. The quantitative estimate of drug-likeness (QED) is 0.687. The van der Waals surface area contributed by atoms with Crippen molar-refractivity contribution >= 4 is 17.4 Å². The van der Waals surface area contributed by atoms with Crippen LogP contribution in [0.2, 0.25) is 0 Å². The normalized spacial score (nSPS) is 12.4. The van der Waals surface area contributed by atoms with Crippen molar-refractivity contribution in [3.8, 4) is 0 Å². The Labute approximate surface area is 114 Å². The summed E-state index contributed by atoms with van der Waals surface area (Å²) in [5.74, 6) is 0. The lowest BCUT2D eigenvalue weighted by molar-refractivity contribution is -0.387. The van der Waals surface area contributed by atoms with Gasteiger partial charge in [0.2, 0.25) is 0 Å². The Hall–Kier alpha value is -1.86. The highest BCUT2D eigenvalue weighted by Crippen LogP contribution is 2.35. The fraction of sp³-hybridized carbons (Fsp3) is 0.250. The van der Waals surface area contributed by atoms with E-state index in [4.69, 9.17) is 0 Å². The predicted octanol–water partition coefficient (Wildman–Crippen LogP) is 2.53. The van der Waals surface area contributed by atoms with E-state index in [0.717, 1.165) is 4.90 Å². The van der Waals surface area contributed by atoms with Gasteiger partial charge in [0.1, 0.15) is 0 Å². The van der Waals surface area contributed by atoms with E-state index in [1.54, 1.807) is 43.2 Å². The van der Waals surface area contributed by atoms with E-state index in [9.17, 15) is 15.2 Å². The van der Waals surface area contributed by atoms with Crippen LogP contribution in [0, 0.1) is 10.1 Å². The third-order valence-corrected chi connectivity index (χ3v) is 3.58. The zero-order valence-electron chi connectivity index (χ0n) is 10.5. The zero-order valence-corrected chi connectivity index (χ0v) is 11.3. The van der Waals surface area contributed by atoms with Crippen LogP contribution < -0.4 is 0 Å². The van der Waals surface area contributed by atoms with Crippen LogP contribution in [0.1, 0.15) is 18.6 Å². The molecule has 1 atom stereocenters. The average molecular weight is 279 g/mol. The average Bonchev–Trinajstić information content (AvgIpc) is 2.74. The summed E-state index contributed by atoms with van der Waals surface area (Å²) in [7, 11) is 1.79. The van der Waals surface area contributed by atoms with Gasteiger partial charge in [-0.3, -0.25) is 14.8 Å². The smallest absolute Gasteiger partial charge is 0.283 e. The molecular weight excluding hydrogens is 266 g/mol. The second-order valence-electron chi connectivity index (χ2n) is 4.11. The van der Waals surface area contributed by atoms with Crippen LogP contribution in [0.3, 0.4) is 0 Å². The Morgan fingerprint density at radius 1 is 1.53 bits per heavy atom. The van der Waals surface area contributed by atoms with E-state index in [-0.39, 0.29) is 5.69 Å². The van der Waals surface area contributed by atoms with Crippen molar-refractivity contribution in [2.45, 2.75) is 22.8 Å².